The maximum atomic E-state index is 3.77. The molecule has 0 fully saturated rings. The van der Waals surface area contributed by atoms with Crippen molar-refractivity contribution in [1.29, 1.82) is 0 Å². The van der Waals surface area contributed by atoms with E-state index in [1.54, 1.807) is 6.08 Å². The van der Waals surface area contributed by atoms with Crippen LogP contribution in [0.4, 0.5) is 0 Å². The van der Waals surface area contributed by atoms with E-state index in [0.717, 1.165) is 17.6 Å². The minimum absolute atomic E-state index is 0.923. The summed E-state index contributed by atoms with van der Waals surface area (Å²) in [5, 5.41) is 0. The Bertz CT molecular complexity index is 170. The third kappa shape index (κ3) is 5.10. The molecule has 0 aromatic carbocycles. The molecule has 0 bridgehead atoms. The van der Waals surface area contributed by atoms with Crippen LogP contribution in [0.5, 0.6) is 0 Å². The maximum absolute atomic E-state index is 3.77. The van der Waals surface area contributed by atoms with E-state index in [1.807, 2.05) is 19.1 Å². The number of hydrogen-bond acceptors (Lipinski definition) is 0. The van der Waals surface area contributed by atoms with Crippen LogP contribution in [0, 0.1) is 0 Å². The SMILES string of the molecule is C=CC(=C)/C=C/CC(=C)C. The number of hydrogen-bond donors (Lipinski definition) is 0. The highest BCUT2D eigenvalue weighted by molar-refractivity contribution is 5.25. The van der Waals surface area contributed by atoms with Gasteiger partial charge in [0.1, 0.15) is 0 Å². The van der Waals surface area contributed by atoms with Crippen molar-refractivity contribution in [1.82, 2.24) is 0 Å². The van der Waals surface area contributed by atoms with Gasteiger partial charge < -0.3 is 0 Å². The molecule has 0 saturated carbocycles. The van der Waals surface area contributed by atoms with Gasteiger partial charge in [0.25, 0.3) is 0 Å². The highest BCUT2D eigenvalue weighted by atomic mass is 13.9. The minimum atomic E-state index is 0.923. The van der Waals surface area contributed by atoms with Crippen molar-refractivity contribution in [2.24, 2.45) is 0 Å². The van der Waals surface area contributed by atoms with E-state index in [9.17, 15) is 0 Å². The fourth-order valence-electron chi connectivity index (χ4n) is 0.480. The summed E-state index contributed by atoms with van der Waals surface area (Å²) in [6, 6.07) is 0. The predicted molar refractivity (Wildman–Crippen MR) is 47.9 cm³/mol. The highest BCUT2D eigenvalue weighted by Gasteiger charge is 1.79. The predicted octanol–water partition coefficient (Wildman–Crippen LogP) is 3.25. The largest absolute Gasteiger partial charge is 0.0998 e. The van der Waals surface area contributed by atoms with Crippen molar-refractivity contribution in [2.75, 3.05) is 0 Å². The van der Waals surface area contributed by atoms with E-state index in [4.69, 9.17) is 0 Å². The van der Waals surface area contributed by atoms with Gasteiger partial charge in [-0.1, -0.05) is 43.5 Å². The summed E-state index contributed by atoms with van der Waals surface area (Å²) in [5.41, 5.74) is 2.11. The first-order valence-corrected chi connectivity index (χ1v) is 3.29. The van der Waals surface area contributed by atoms with Gasteiger partial charge in [-0.3, -0.25) is 0 Å². The van der Waals surface area contributed by atoms with Gasteiger partial charge >= 0.3 is 0 Å². The Hall–Kier alpha value is -1.04. The van der Waals surface area contributed by atoms with Gasteiger partial charge in [-0.15, -0.1) is 0 Å². The molecule has 0 atom stereocenters. The molecular weight excluding hydrogens is 120 g/mol. The summed E-state index contributed by atoms with van der Waals surface area (Å²) < 4.78 is 0. The Kier molecular flexibility index (Phi) is 4.30. The van der Waals surface area contributed by atoms with E-state index in [0.29, 0.717) is 0 Å². The molecule has 0 aliphatic carbocycles. The van der Waals surface area contributed by atoms with Crippen LogP contribution < -0.4 is 0 Å². The number of allylic oxidation sites excluding steroid dienone is 5. The van der Waals surface area contributed by atoms with Crippen molar-refractivity contribution in [3.05, 3.63) is 49.1 Å². The van der Waals surface area contributed by atoms with Crippen molar-refractivity contribution < 1.29 is 0 Å². The van der Waals surface area contributed by atoms with E-state index in [1.165, 1.54) is 0 Å². The average molecular weight is 134 g/mol. The molecule has 0 nitrogen and oxygen atoms in total. The molecule has 0 amide bonds. The first kappa shape index (κ1) is 8.96. The average Bonchev–Trinajstić information content (AvgIpc) is 1.87. The third-order valence-electron chi connectivity index (χ3n) is 1.06. The quantitative estimate of drug-likeness (QED) is 0.409. The molecule has 10 heavy (non-hydrogen) atoms. The molecular formula is C10H14. The van der Waals surface area contributed by atoms with E-state index in [-0.39, 0.29) is 0 Å². The molecule has 0 aromatic heterocycles. The summed E-state index contributed by atoms with van der Waals surface area (Å²) in [4.78, 5) is 0. The fourth-order valence-corrected chi connectivity index (χ4v) is 0.480. The Morgan fingerprint density at radius 3 is 2.40 bits per heavy atom. The van der Waals surface area contributed by atoms with Crippen LogP contribution in [0.1, 0.15) is 13.3 Å². The highest BCUT2D eigenvalue weighted by Crippen LogP contribution is 1.99. The molecule has 0 saturated heterocycles. The molecule has 0 spiro atoms. The van der Waals surface area contributed by atoms with Crippen LogP contribution in [0.3, 0.4) is 0 Å². The summed E-state index contributed by atoms with van der Waals surface area (Å²) >= 11 is 0. The van der Waals surface area contributed by atoms with Gasteiger partial charge in [0, 0.05) is 0 Å². The zero-order chi connectivity index (χ0) is 7.98. The van der Waals surface area contributed by atoms with Crippen LogP contribution in [0.25, 0.3) is 0 Å². The van der Waals surface area contributed by atoms with Crippen molar-refractivity contribution in [2.45, 2.75) is 13.3 Å². The zero-order valence-corrected chi connectivity index (χ0v) is 6.56. The van der Waals surface area contributed by atoms with Gasteiger partial charge in [-0.2, -0.15) is 0 Å². The van der Waals surface area contributed by atoms with Gasteiger partial charge in [-0.25, -0.2) is 0 Å². The standard InChI is InChI=1S/C10H14/c1-5-10(4)8-6-7-9(2)3/h5-6,8H,1-2,4,7H2,3H3/b8-6+. The molecule has 0 radical (unpaired) electrons. The van der Waals surface area contributed by atoms with Crippen LogP contribution in [-0.4, -0.2) is 0 Å². The molecule has 0 heteroatoms. The lowest BCUT2D eigenvalue weighted by Crippen LogP contribution is -1.68. The zero-order valence-electron chi connectivity index (χ0n) is 6.56. The van der Waals surface area contributed by atoms with Gasteiger partial charge in [0.05, 0.1) is 0 Å². The Balaban J connectivity index is 3.66. The van der Waals surface area contributed by atoms with Gasteiger partial charge in [0.2, 0.25) is 0 Å². The van der Waals surface area contributed by atoms with Crippen LogP contribution in [-0.2, 0) is 0 Å². The second-order valence-electron chi connectivity index (χ2n) is 2.34. The summed E-state index contributed by atoms with van der Waals surface area (Å²) in [7, 11) is 0. The molecule has 0 rings (SSSR count). The van der Waals surface area contributed by atoms with E-state index in [2.05, 4.69) is 19.7 Å². The van der Waals surface area contributed by atoms with E-state index < -0.39 is 0 Å². The van der Waals surface area contributed by atoms with Crippen LogP contribution in [0.15, 0.2) is 49.1 Å². The minimum Gasteiger partial charge on any atom is -0.0998 e. The lowest BCUT2D eigenvalue weighted by molar-refractivity contribution is 1.22. The van der Waals surface area contributed by atoms with Crippen LogP contribution in [0.2, 0.25) is 0 Å². The fraction of sp³-hybridized carbons (Fsp3) is 0.200. The Morgan fingerprint density at radius 1 is 1.40 bits per heavy atom. The third-order valence-corrected chi connectivity index (χ3v) is 1.06. The van der Waals surface area contributed by atoms with Gasteiger partial charge in [-0.05, 0) is 18.9 Å². The lowest BCUT2D eigenvalue weighted by Gasteiger charge is -1.89. The second-order valence-corrected chi connectivity index (χ2v) is 2.34. The van der Waals surface area contributed by atoms with Crippen molar-refractivity contribution in [3.63, 3.8) is 0 Å². The first-order chi connectivity index (χ1) is 4.66. The molecule has 0 unspecified atom stereocenters. The molecule has 54 valence electrons. The monoisotopic (exact) mass is 134 g/mol. The summed E-state index contributed by atoms with van der Waals surface area (Å²) in [6.07, 6.45) is 6.63. The normalized spacial score (nSPS) is 9.70. The summed E-state index contributed by atoms with van der Waals surface area (Å²) in [6.45, 7) is 13.1. The molecule has 0 heterocycles. The molecule has 0 aliphatic rings. The van der Waals surface area contributed by atoms with Gasteiger partial charge in [0.15, 0.2) is 0 Å². The van der Waals surface area contributed by atoms with Crippen LogP contribution >= 0.6 is 0 Å². The topological polar surface area (TPSA) is 0 Å². The molecule has 0 aliphatic heterocycles. The van der Waals surface area contributed by atoms with E-state index >= 15 is 0 Å². The smallest absolute Gasteiger partial charge is 0.0141 e. The Labute approximate surface area is 63.3 Å². The molecule has 0 aromatic rings. The first-order valence-electron chi connectivity index (χ1n) is 3.29. The second kappa shape index (κ2) is 4.80. The molecule has 0 N–H and O–H groups in total. The van der Waals surface area contributed by atoms with Crippen molar-refractivity contribution in [3.8, 4) is 0 Å². The lowest BCUT2D eigenvalue weighted by atomic mass is 10.2. The number of rotatable bonds is 4. The Morgan fingerprint density at radius 2 is 2.00 bits per heavy atom. The maximum Gasteiger partial charge on any atom is -0.0141 e. The van der Waals surface area contributed by atoms with Crippen molar-refractivity contribution >= 4 is 0 Å². The summed E-state index contributed by atoms with van der Waals surface area (Å²) in [5.74, 6) is 0.